The highest BCUT2D eigenvalue weighted by molar-refractivity contribution is 7.13. The van der Waals surface area contributed by atoms with Crippen LogP contribution in [-0.4, -0.2) is 41.7 Å². The van der Waals surface area contributed by atoms with Gasteiger partial charge in [0.1, 0.15) is 12.3 Å². The van der Waals surface area contributed by atoms with Crippen molar-refractivity contribution in [3.63, 3.8) is 0 Å². The van der Waals surface area contributed by atoms with Crippen molar-refractivity contribution in [3.05, 3.63) is 29.5 Å². The third-order valence-electron chi connectivity index (χ3n) is 2.87. The molecule has 1 unspecified atom stereocenters. The summed E-state index contributed by atoms with van der Waals surface area (Å²) in [6.45, 7) is 0.254. The first-order chi connectivity index (χ1) is 10.6. The van der Waals surface area contributed by atoms with Crippen molar-refractivity contribution in [2.24, 2.45) is 0 Å². The minimum Gasteiger partial charge on any atom is -0.480 e. The van der Waals surface area contributed by atoms with Crippen LogP contribution in [0.4, 0.5) is 0 Å². The molecule has 2 N–H and O–H groups in total. The monoisotopic (exact) mass is 324 g/mol. The molecule has 0 radical (unpaired) electrons. The molecule has 0 bridgehead atoms. The van der Waals surface area contributed by atoms with Crippen LogP contribution in [0.2, 0.25) is 0 Å². The van der Waals surface area contributed by atoms with E-state index in [0.717, 1.165) is 4.88 Å². The minimum atomic E-state index is -1.09. The number of rotatable bonds is 8. The Kier molecular flexibility index (Phi) is 5.68. The lowest BCUT2D eigenvalue weighted by molar-refractivity contribution is -0.142. The summed E-state index contributed by atoms with van der Waals surface area (Å²) in [7, 11) is 1.47. The van der Waals surface area contributed by atoms with E-state index in [1.807, 2.05) is 17.5 Å². The molecule has 0 aromatic carbocycles. The topological polar surface area (TPSA) is 102 Å². The second-order valence-corrected chi connectivity index (χ2v) is 5.49. The lowest BCUT2D eigenvalue weighted by Gasteiger charge is -2.13. The number of nitrogens with one attached hydrogen (secondary N) is 1. The smallest absolute Gasteiger partial charge is 0.326 e. The molecule has 0 aliphatic carbocycles. The number of carboxylic acid groups (broad SMARTS) is 1. The molecule has 2 aromatic rings. The predicted molar refractivity (Wildman–Crippen MR) is 79.6 cm³/mol. The largest absolute Gasteiger partial charge is 0.480 e. The van der Waals surface area contributed by atoms with Crippen molar-refractivity contribution in [1.29, 1.82) is 0 Å². The summed E-state index contributed by atoms with van der Waals surface area (Å²) >= 11 is 1.48. The summed E-state index contributed by atoms with van der Waals surface area (Å²) in [5.41, 5.74) is 0.455. The van der Waals surface area contributed by atoms with Gasteiger partial charge in [-0.25, -0.2) is 9.78 Å². The molecule has 2 aromatic heterocycles. The number of aromatic nitrogens is 1. The average Bonchev–Trinajstić information content (AvgIpc) is 3.13. The number of carbonyl (C=O) groups excluding carboxylic acids is 1. The molecule has 8 heteroatoms. The van der Waals surface area contributed by atoms with Gasteiger partial charge in [-0.05, 0) is 11.4 Å². The van der Waals surface area contributed by atoms with Crippen LogP contribution in [0.15, 0.2) is 28.2 Å². The SMILES string of the molecule is COCCC(NC(=O)Cc1coc(-c2cccs2)n1)C(=O)O. The van der Waals surface area contributed by atoms with Crippen LogP contribution in [-0.2, 0) is 20.7 Å². The van der Waals surface area contributed by atoms with Gasteiger partial charge in [-0.1, -0.05) is 6.07 Å². The predicted octanol–water partition coefficient (Wildman–Crippen LogP) is 1.55. The Morgan fingerprint density at radius 2 is 2.36 bits per heavy atom. The molecule has 7 nitrogen and oxygen atoms in total. The molecular weight excluding hydrogens is 308 g/mol. The molecule has 0 aliphatic heterocycles. The summed E-state index contributed by atoms with van der Waals surface area (Å²) in [4.78, 5) is 28.0. The van der Waals surface area contributed by atoms with E-state index in [9.17, 15) is 9.59 Å². The van der Waals surface area contributed by atoms with E-state index in [0.29, 0.717) is 11.6 Å². The fourth-order valence-electron chi connectivity index (χ4n) is 1.80. The summed E-state index contributed by atoms with van der Waals surface area (Å²) < 4.78 is 10.1. The van der Waals surface area contributed by atoms with Gasteiger partial charge >= 0.3 is 5.97 Å². The number of nitrogens with zero attached hydrogens (tertiary/aromatic N) is 1. The molecule has 1 amide bonds. The Bertz CT molecular complexity index is 623. The highest BCUT2D eigenvalue weighted by Crippen LogP contribution is 2.23. The molecule has 2 rings (SSSR count). The quantitative estimate of drug-likeness (QED) is 0.764. The number of amides is 1. The Morgan fingerprint density at radius 3 is 3.00 bits per heavy atom. The molecule has 2 heterocycles. The zero-order chi connectivity index (χ0) is 15.9. The fraction of sp³-hybridized carbons (Fsp3) is 0.357. The Morgan fingerprint density at radius 1 is 1.55 bits per heavy atom. The molecule has 0 spiro atoms. The van der Waals surface area contributed by atoms with Gasteiger partial charge in [-0.15, -0.1) is 11.3 Å². The Labute approximate surface area is 130 Å². The van der Waals surface area contributed by atoms with Crippen molar-refractivity contribution in [3.8, 4) is 10.8 Å². The van der Waals surface area contributed by atoms with Gasteiger partial charge in [-0.2, -0.15) is 0 Å². The number of hydrogen-bond acceptors (Lipinski definition) is 6. The van der Waals surface area contributed by atoms with Crippen molar-refractivity contribution in [2.75, 3.05) is 13.7 Å². The van der Waals surface area contributed by atoms with Crippen LogP contribution >= 0.6 is 11.3 Å². The zero-order valence-electron chi connectivity index (χ0n) is 11.9. The van der Waals surface area contributed by atoms with Crippen LogP contribution in [0.3, 0.4) is 0 Å². The molecular formula is C14H16N2O5S. The molecule has 0 fully saturated rings. The van der Waals surface area contributed by atoms with Gasteiger partial charge in [0.05, 0.1) is 17.0 Å². The van der Waals surface area contributed by atoms with Crippen LogP contribution in [0.1, 0.15) is 12.1 Å². The molecule has 0 saturated heterocycles. The van der Waals surface area contributed by atoms with Gasteiger partial charge in [0, 0.05) is 20.1 Å². The van der Waals surface area contributed by atoms with E-state index in [4.69, 9.17) is 14.3 Å². The third kappa shape index (κ3) is 4.40. The van der Waals surface area contributed by atoms with Gasteiger partial charge in [-0.3, -0.25) is 4.79 Å². The van der Waals surface area contributed by atoms with Crippen molar-refractivity contribution in [2.45, 2.75) is 18.9 Å². The van der Waals surface area contributed by atoms with Crippen LogP contribution in [0, 0.1) is 0 Å². The van der Waals surface area contributed by atoms with Gasteiger partial charge < -0.3 is 19.6 Å². The fourth-order valence-corrected chi connectivity index (χ4v) is 2.46. The summed E-state index contributed by atoms with van der Waals surface area (Å²) in [5.74, 6) is -1.06. The second-order valence-electron chi connectivity index (χ2n) is 4.54. The lowest BCUT2D eigenvalue weighted by atomic mass is 10.2. The minimum absolute atomic E-state index is 0.0361. The Balaban J connectivity index is 1.92. The van der Waals surface area contributed by atoms with Gasteiger partial charge in [0.15, 0.2) is 0 Å². The summed E-state index contributed by atoms with van der Waals surface area (Å²) in [5, 5.41) is 13.4. The highest BCUT2D eigenvalue weighted by atomic mass is 32.1. The first-order valence-electron chi connectivity index (χ1n) is 6.59. The van der Waals surface area contributed by atoms with E-state index in [1.54, 1.807) is 0 Å². The number of oxazole rings is 1. The maximum Gasteiger partial charge on any atom is 0.326 e. The Hall–Kier alpha value is -2.19. The standard InChI is InChI=1S/C14H16N2O5S/c1-20-5-4-10(14(18)19)16-12(17)7-9-8-21-13(15-9)11-3-2-6-22-11/h2-3,6,8,10H,4-5,7H2,1H3,(H,16,17)(H,18,19). The second kappa shape index (κ2) is 7.71. The van der Waals surface area contributed by atoms with E-state index in [2.05, 4.69) is 10.3 Å². The number of carbonyl (C=O) groups is 2. The molecule has 0 saturated carbocycles. The number of carboxylic acids is 1. The highest BCUT2D eigenvalue weighted by Gasteiger charge is 2.20. The van der Waals surface area contributed by atoms with E-state index in [-0.39, 0.29) is 19.4 Å². The number of ether oxygens (including phenoxy) is 1. The maximum absolute atomic E-state index is 11.9. The van der Waals surface area contributed by atoms with Gasteiger partial charge in [0.2, 0.25) is 11.8 Å². The zero-order valence-corrected chi connectivity index (χ0v) is 12.8. The van der Waals surface area contributed by atoms with Gasteiger partial charge in [0.25, 0.3) is 0 Å². The number of aliphatic carboxylic acids is 1. The summed E-state index contributed by atoms with van der Waals surface area (Å²) in [6.07, 6.45) is 1.57. The van der Waals surface area contributed by atoms with Crippen LogP contribution in [0.5, 0.6) is 0 Å². The van der Waals surface area contributed by atoms with Crippen LogP contribution in [0.25, 0.3) is 10.8 Å². The summed E-state index contributed by atoms with van der Waals surface area (Å²) in [6, 6.07) is 2.77. The van der Waals surface area contributed by atoms with Crippen LogP contribution < -0.4 is 5.32 Å². The molecule has 1 atom stereocenters. The number of thiophene rings is 1. The first-order valence-corrected chi connectivity index (χ1v) is 7.47. The molecule has 22 heavy (non-hydrogen) atoms. The van der Waals surface area contributed by atoms with E-state index >= 15 is 0 Å². The average molecular weight is 324 g/mol. The van der Waals surface area contributed by atoms with Crippen molar-refractivity contribution in [1.82, 2.24) is 10.3 Å². The lowest BCUT2D eigenvalue weighted by Crippen LogP contribution is -2.42. The maximum atomic E-state index is 11.9. The molecule has 0 aliphatic rings. The molecule has 118 valence electrons. The van der Waals surface area contributed by atoms with E-state index < -0.39 is 17.9 Å². The van der Waals surface area contributed by atoms with Crippen molar-refractivity contribution < 1.29 is 23.8 Å². The van der Waals surface area contributed by atoms with E-state index in [1.165, 1.54) is 24.7 Å². The first kappa shape index (κ1) is 16.2. The number of methoxy groups -OCH3 is 1. The normalized spacial score (nSPS) is 12.0. The number of hydrogen-bond donors (Lipinski definition) is 2. The van der Waals surface area contributed by atoms with Crippen molar-refractivity contribution >= 4 is 23.2 Å². The third-order valence-corrected chi connectivity index (χ3v) is 3.73.